The lowest BCUT2D eigenvalue weighted by atomic mass is 9.99. The van der Waals surface area contributed by atoms with Gasteiger partial charge in [-0.05, 0) is 61.0 Å². The van der Waals surface area contributed by atoms with Gasteiger partial charge in [-0.25, -0.2) is 8.78 Å². The molecule has 3 nitrogen and oxygen atoms in total. The molecule has 0 saturated carbocycles. The molecule has 0 aliphatic carbocycles. The highest BCUT2D eigenvalue weighted by Gasteiger charge is 2.24. The molecule has 2 atom stereocenters. The van der Waals surface area contributed by atoms with E-state index in [4.69, 9.17) is 0 Å². The zero-order valence-electron chi connectivity index (χ0n) is 10.9. The van der Waals surface area contributed by atoms with Crippen LogP contribution in [0.4, 0.5) is 8.78 Å². The van der Waals surface area contributed by atoms with Crippen LogP contribution in [0.3, 0.4) is 0 Å². The molecule has 0 aromatic heterocycles. The first-order valence-corrected chi connectivity index (χ1v) is 7.25. The maximum atomic E-state index is 13.2. The maximum Gasteiger partial charge on any atom is 0.252 e. The van der Waals surface area contributed by atoms with Crippen LogP contribution in [0, 0.1) is 15.2 Å². The van der Waals surface area contributed by atoms with Crippen molar-refractivity contribution >= 4 is 40.9 Å². The maximum absolute atomic E-state index is 13.2. The van der Waals surface area contributed by atoms with Gasteiger partial charge in [0.2, 0.25) is 0 Å². The van der Waals surface area contributed by atoms with Crippen molar-refractivity contribution in [2.45, 2.75) is 31.8 Å². The van der Waals surface area contributed by atoms with Gasteiger partial charge in [0.15, 0.2) is 11.6 Å². The van der Waals surface area contributed by atoms with Gasteiger partial charge in [-0.15, -0.1) is 12.4 Å². The summed E-state index contributed by atoms with van der Waals surface area (Å²) in [5, 5.41) is 6.15. The Labute approximate surface area is 136 Å². The fraction of sp³-hybridized carbons (Fsp3) is 0.462. The van der Waals surface area contributed by atoms with Crippen LogP contribution in [-0.4, -0.2) is 24.5 Å². The average Bonchev–Trinajstić information content (AvgIpc) is 2.36. The van der Waals surface area contributed by atoms with E-state index in [1.807, 2.05) is 29.5 Å². The molecule has 2 unspecified atom stereocenters. The molecule has 1 aromatic carbocycles. The SMILES string of the molecule is CC1NCCCC1NC(=O)c1cc(F)c(F)cc1I.Cl. The van der Waals surface area contributed by atoms with Gasteiger partial charge in [0.05, 0.1) is 5.56 Å². The third kappa shape index (κ3) is 4.02. The van der Waals surface area contributed by atoms with E-state index >= 15 is 0 Å². The summed E-state index contributed by atoms with van der Waals surface area (Å²) >= 11 is 1.83. The minimum absolute atomic E-state index is 0. The van der Waals surface area contributed by atoms with E-state index in [9.17, 15) is 13.6 Å². The Hall–Kier alpha value is -0.470. The summed E-state index contributed by atoms with van der Waals surface area (Å²) < 4.78 is 26.6. The van der Waals surface area contributed by atoms with Gasteiger partial charge in [0.1, 0.15) is 0 Å². The van der Waals surface area contributed by atoms with Gasteiger partial charge in [-0.1, -0.05) is 0 Å². The van der Waals surface area contributed by atoms with Crippen LogP contribution in [0.1, 0.15) is 30.1 Å². The lowest BCUT2D eigenvalue weighted by Crippen LogP contribution is -2.52. The summed E-state index contributed by atoms with van der Waals surface area (Å²) in [7, 11) is 0. The molecule has 0 radical (unpaired) electrons. The lowest BCUT2D eigenvalue weighted by Gasteiger charge is -2.30. The molecule has 1 aliphatic heterocycles. The number of halogens is 4. The number of nitrogens with one attached hydrogen (secondary N) is 2. The largest absolute Gasteiger partial charge is 0.348 e. The van der Waals surface area contributed by atoms with Crippen LogP contribution < -0.4 is 10.6 Å². The molecular weight excluding hydrogens is 401 g/mol. The second-order valence-corrected chi connectivity index (χ2v) is 5.87. The molecule has 112 valence electrons. The van der Waals surface area contributed by atoms with Crippen molar-refractivity contribution < 1.29 is 13.6 Å². The van der Waals surface area contributed by atoms with Crippen molar-refractivity contribution in [2.24, 2.45) is 0 Å². The van der Waals surface area contributed by atoms with E-state index in [-0.39, 0.29) is 36.0 Å². The van der Waals surface area contributed by atoms with Crippen molar-refractivity contribution in [2.75, 3.05) is 6.54 Å². The molecule has 2 rings (SSSR count). The van der Waals surface area contributed by atoms with Crippen LogP contribution in [0.2, 0.25) is 0 Å². The van der Waals surface area contributed by atoms with Crippen molar-refractivity contribution in [3.8, 4) is 0 Å². The van der Waals surface area contributed by atoms with Crippen LogP contribution >= 0.6 is 35.0 Å². The second-order valence-electron chi connectivity index (χ2n) is 4.71. The predicted molar refractivity (Wildman–Crippen MR) is 84.3 cm³/mol. The number of hydrogen-bond donors (Lipinski definition) is 2. The average molecular weight is 417 g/mol. The fourth-order valence-electron chi connectivity index (χ4n) is 2.18. The van der Waals surface area contributed by atoms with Crippen molar-refractivity contribution in [3.63, 3.8) is 0 Å². The first kappa shape index (κ1) is 17.6. The van der Waals surface area contributed by atoms with E-state index < -0.39 is 11.6 Å². The van der Waals surface area contributed by atoms with E-state index in [1.165, 1.54) is 0 Å². The van der Waals surface area contributed by atoms with Gasteiger partial charge < -0.3 is 10.6 Å². The predicted octanol–water partition coefficient (Wildman–Crippen LogP) is 2.86. The molecule has 1 heterocycles. The summed E-state index contributed by atoms with van der Waals surface area (Å²) in [6, 6.07) is 2.19. The van der Waals surface area contributed by atoms with E-state index in [2.05, 4.69) is 10.6 Å². The Balaban J connectivity index is 0.00000200. The minimum Gasteiger partial charge on any atom is -0.348 e. The number of hydrogen-bond acceptors (Lipinski definition) is 2. The Morgan fingerprint density at radius 2 is 2.05 bits per heavy atom. The summed E-state index contributed by atoms with van der Waals surface area (Å²) in [6.07, 6.45) is 1.88. The second kappa shape index (κ2) is 7.51. The first-order chi connectivity index (χ1) is 8.99. The van der Waals surface area contributed by atoms with Gasteiger partial charge in [0.25, 0.3) is 5.91 Å². The zero-order chi connectivity index (χ0) is 14.0. The van der Waals surface area contributed by atoms with Crippen molar-refractivity contribution in [1.82, 2.24) is 10.6 Å². The Morgan fingerprint density at radius 1 is 1.40 bits per heavy atom. The number of carbonyl (C=O) groups excluding carboxylic acids is 1. The summed E-state index contributed by atoms with van der Waals surface area (Å²) in [5.41, 5.74) is 0.178. The fourth-order valence-corrected chi connectivity index (χ4v) is 2.86. The van der Waals surface area contributed by atoms with Crippen LogP contribution in [0.15, 0.2) is 12.1 Å². The first-order valence-electron chi connectivity index (χ1n) is 6.18. The lowest BCUT2D eigenvalue weighted by molar-refractivity contribution is 0.0918. The third-order valence-electron chi connectivity index (χ3n) is 3.33. The highest BCUT2D eigenvalue weighted by Crippen LogP contribution is 2.18. The Bertz CT molecular complexity index is 502. The topological polar surface area (TPSA) is 41.1 Å². The molecule has 0 bridgehead atoms. The number of amides is 1. The number of benzene rings is 1. The molecular formula is C13H16ClF2IN2O. The minimum atomic E-state index is -1.000. The quantitative estimate of drug-likeness (QED) is 0.575. The number of carbonyl (C=O) groups is 1. The highest BCUT2D eigenvalue weighted by molar-refractivity contribution is 14.1. The molecule has 1 saturated heterocycles. The van der Waals surface area contributed by atoms with Gasteiger partial charge in [0, 0.05) is 15.7 Å². The normalized spacial score (nSPS) is 22.0. The summed E-state index contributed by atoms with van der Waals surface area (Å²) in [4.78, 5) is 12.1. The smallest absolute Gasteiger partial charge is 0.252 e. The molecule has 2 N–H and O–H groups in total. The van der Waals surface area contributed by atoms with Crippen molar-refractivity contribution in [3.05, 3.63) is 32.9 Å². The molecule has 1 aliphatic rings. The summed E-state index contributed by atoms with van der Waals surface area (Å²) in [6.45, 7) is 2.94. The van der Waals surface area contributed by atoms with Gasteiger partial charge >= 0.3 is 0 Å². The van der Waals surface area contributed by atoms with E-state index in [0.29, 0.717) is 3.57 Å². The van der Waals surface area contributed by atoms with Gasteiger partial charge in [-0.2, -0.15) is 0 Å². The van der Waals surface area contributed by atoms with Crippen LogP contribution in [0.25, 0.3) is 0 Å². The molecule has 1 aromatic rings. The zero-order valence-corrected chi connectivity index (χ0v) is 13.9. The molecule has 1 amide bonds. The third-order valence-corrected chi connectivity index (χ3v) is 4.23. The summed E-state index contributed by atoms with van der Waals surface area (Å²) in [5.74, 6) is -2.29. The van der Waals surface area contributed by atoms with Crippen LogP contribution in [-0.2, 0) is 0 Å². The van der Waals surface area contributed by atoms with E-state index in [0.717, 1.165) is 31.5 Å². The Morgan fingerprint density at radius 3 is 2.70 bits per heavy atom. The number of rotatable bonds is 2. The molecule has 7 heteroatoms. The molecule has 0 spiro atoms. The van der Waals surface area contributed by atoms with E-state index in [1.54, 1.807) is 0 Å². The van der Waals surface area contributed by atoms with Crippen molar-refractivity contribution in [1.29, 1.82) is 0 Å². The highest BCUT2D eigenvalue weighted by atomic mass is 127. The molecule has 20 heavy (non-hydrogen) atoms. The molecule has 1 fully saturated rings. The monoisotopic (exact) mass is 416 g/mol. The van der Waals surface area contributed by atoms with Crippen LogP contribution in [0.5, 0.6) is 0 Å². The number of piperidine rings is 1. The Kier molecular flexibility index (Phi) is 6.60. The van der Waals surface area contributed by atoms with Gasteiger partial charge in [-0.3, -0.25) is 4.79 Å². The standard InChI is InChI=1S/C13H15F2IN2O.ClH/c1-7-12(3-2-4-17-7)18-13(19)8-5-9(14)10(15)6-11(8)16;/h5-7,12,17H,2-4H2,1H3,(H,18,19);1H.